The number of rotatable bonds is 5. The topological polar surface area (TPSA) is 68.5 Å². The minimum atomic E-state index is -0.470. The van der Waals surface area contributed by atoms with Crippen LogP contribution in [0.3, 0.4) is 0 Å². The average molecular weight is 269 g/mol. The molecule has 0 aliphatic carbocycles. The molecule has 6 nitrogen and oxygen atoms in total. The number of nitro groups is 1. The maximum Gasteiger partial charge on any atom is 0.287 e. The van der Waals surface area contributed by atoms with Crippen LogP contribution < -0.4 is 4.74 Å². The summed E-state index contributed by atoms with van der Waals surface area (Å²) in [6.07, 6.45) is 1.22. The molecule has 1 aromatic rings. The average Bonchev–Trinajstić information content (AvgIpc) is 2.40. The molecule has 98 valence electrons. The molecular formula is C11H15N3O3S. The molecule has 2 heterocycles. The molecule has 1 aliphatic rings. The van der Waals surface area contributed by atoms with Crippen LogP contribution in [0.4, 0.5) is 5.69 Å². The Balaban J connectivity index is 1.74. The Morgan fingerprint density at radius 2 is 2.22 bits per heavy atom. The first kappa shape index (κ1) is 13.1. The molecule has 0 spiro atoms. The van der Waals surface area contributed by atoms with E-state index in [1.807, 2.05) is 11.8 Å². The first-order valence-corrected chi connectivity index (χ1v) is 6.94. The van der Waals surface area contributed by atoms with Crippen molar-refractivity contribution in [2.45, 2.75) is 0 Å². The molecular weight excluding hydrogens is 254 g/mol. The van der Waals surface area contributed by atoms with E-state index in [2.05, 4.69) is 9.88 Å². The lowest BCUT2D eigenvalue weighted by Gasteiger charge is -2.25. The Bertz CT molecular complexity index is 393. The van der Waals surface area contributed by atoms with Crippen LogP contribution in [0.25, 0.3) is 0 Å². The quantitative estimate of drug-likeness (QED) is 0.595. The Kier molecular flexibility index (Phi) is 4.77. The molecule has 0 aromatic carbocycles. The molecule has 1 saturated heterocycles. The fraction of sp³-hybridized carbons (Fsp3) is 0.545. The van der Waals surface area contributed by atoms with Gasteiger partial charge in [0.2, 0.25) is 5.88 Å². The second kappa shape index (κ2) is 6.55. The van der Waals surface area contributed by atoms with E-state index in [9.17, 15) is 10.1 Å². The molecule has 7 heteroatoms. The van der Waals surface area contributed by atoms with Crippen LogP contribution in [0.1, 0.15) is 0 Å². The molecule has 1 fully saturated rings. The molecule has 0 bridgehead atoms. The minimum Gasteiger partial charge on any atom is -0.476 e. The summed E-state index contributed by atoms with van der Waals surface area (Å²) in [5.74, 6) is 2.79. The van der Waals surface area contributed by atoms with Gasteiger partial charge >= 0.3 is 0 Å². The highest BCUT2D eigenvalue weighted by molar-refractivity contribution is 7.99. The fourth-order valence-corrected chi connectivity index (χ4v) is 2.65. The second-order valence-corrected chi connectivity index (χ2v) is 5.14. The van der Waals surface area contributed by atoms with Gasteiger partial charge in [-0.2, -0.15) is 11.8 Å². The Hall–Kier alpha value is -1.34. The molecule has 0 unspecified atom stereocenters. The van der Waals surface area contributed by atoms with Gasteiger partial charge in [0.1, 0.15) is 12.8 Å². The number of hydrogen-bond donors (Lipinski definition) is 0. The van der Waals surface area contributed by atoms with Crippen molar-refractivity contribution < 1.29 is 9.66 Å². The minimum absolute atomic E-state index is 0.0181. The third kappa shape index (κ3) is 3.85. The second-order valence-electron chi connectivity index (χ2n) is 3.91. The third-order valence-corrected chi connectivity index (χ3v) is 3.64. The summed E-state index contributed by atoms with van der Waals surface area (Å²) in [5.41, 5.74) is -0.0181. The van der Waals surface area contributed by atoms with Gasteiger partial charge in [-0.25, -0.2) is 4.98 Å². The molecule has 1 aromatic heterocycles. The highest BCUT2D eigenvalue weighted by Gasteiger charge is 2.10. The molecule has 1 aliphatic heterocycles. The van der Waals surface area contributed by atoms with Crippen molar-refractivity contribution in [3.8, 4) is 5.88 Å². The zero-order valence-electron chi connectivity index (χ0n) is 9.95. The number of nitrogens with zero attached hydrogens (tertiary/aromatic N) is 3. The van der Waals surface area contributed by atoms with E-state index in [0.717, 1.165) is 19.6 Å². The predicted octanol–water partition coefficient (Wildman–Crippen LogP) is 1.42. The standard InChI is InChI=1S/C11H15N3O3S/c15-14(16)10-1-2-11(12-9-10)17-6-3-13-4-7-18-8-5-13/h1-2,9H,3-8H2. The summed E-state index contributed by atoms with van der Waals surface area (Å²) in [5, 5.41) is 10.4. The van der Waals surface area contributed by atoms with E-state index < -0.39 is 4.92 Å². The Morgan fingerprint density at radius 1 is 1.44 bits per heavy atom. The van der Waals surface area contributed by atoms with Crippen LogP contribution in [-0.2, 0) is 0 Å². The SMILES string of the molecule is O=[N+]([O-])c1ccc(OCCN2CCSCC2)nc1. The molecule has 0 amide bonds. The lowest BCUT2D eigenvalue weighted by molar-refractivity contribution is -0.385. The number of thioether (sulfide) groups is 1. The zero-order valence-corrected chi connectivity index (χ0v) is 10.8. The van der Waals surface area contributed by atoms with Crippen LogP contribution in [0.15, 0.2) is 18.3 Å². The summed E-state index contributed by atoms with van der Waals surface area (Å²) in [6, 6.07) is 2.93. The van der Waals surface area contributed by atoms with Gasteiger partial charge in [-0.05, 0) is 0 Å². The number of aromatic nitrogens is 1. The first-order valence-electron chi connectivity index (χ1n) is 5.79. The van der Waals surface area contributed by atoms with Gasteiger partial charge in [-0.15, -0.1) is 0 Å². The van der Waals surface area contributed by atoms with Crippen LogP contribution in [0, 0.1) is 10.1 Å². The molecule has 0 atom stereocenters. The molecule has 2 rings (SSSR count). The van der Waals surface area contributed by atoms with E-state index in [0.29, 0.717) is 12.5 Å². The summed E-state index contributed by atoms with van der Waals surface area (Å²) < 4.78 is 5.46. The van der Waals surface area contributed by atoms with Crippen molar-refractivity contribution in [1.82, 2.24) is 9.88 Å². The fourth-order valence-electron chi connectivity index (χ4n) is 1.67. The van der Waals surface area contributed by atoms with Gasteiger partial charge in [0.15, 0.2) is 0 Å². The molecule has 18 heavy (non-hydrogen) atoms. The molecule has 0 radical (unpaired) electrons. The Morgan fingerprint density at radius 3 is 2.83 bits per heavy atom. The number of pyridine rings is 1. The van der Waals surface area contributed by atoms with Gasteiger partial charge in [0.05, 0.1) is 4.92 Å². The number of ether oxygens (including phenoxy) is 1. The van der Waals surface area contributed by atoms with E-state index in [-0.39, 0.29) is 5.69 Å². The molecule has 0 N–H and O–H groups in total. The lowest BCUT2D eigenvalue weighted by Crippen LogP contribution is -2.35. The highest BCUT2D eigenvalue weighted by Crippen LogP contribution is 2.13. The van der Waals surface area contributed by atoms with Crippen molar-refractivity contribution in [3.63, 3.8) is 0 Å². The normalized spacial score (nSPS) is 16.4. The van der Waals surface area contributed by atoms with Crippen molar-refractivity contribution in [2.24, 2.45) is 0 Å². The lowest BCUT2D eigenvalue weighted by atomic mass is 10.4. The van der Waals surface area contributed by atoms with Crippen LogP contribution in [0.2, 0.25) is 0 Å². The first-order chi connectivity index (χ1) is 8.75. The third-order valence-electron chi connectivity index (χ3n) is 2.69. The van der Waals surface area contributed by atoms with Gasteiger partial charge < -0.3 is 4.74 Å². The summed E-state index contributed by atoms with van der Waals surface area (Å²) in [7, 11) is 0. The van der Waals surface area contributed by atoms with Gasteiger partial charge in [-0.3, -0.25) is 15.0 Å². The number of hydrogen-bond acceptors (Lipinski definition) is 6. The zero-order chi connectivity index (χ0) is 12.8. The van der Waals surface area contributed by atoms with Gasteiger partial charge in [-0.1, -0.05) is 0 Å². The van der Waals surface area contributed by atoms with Gasteiger partial charge in [0.25, 0.3) is 5.69 Å². The van der Waals surface area contributed by atoms with Crippen molar-refractivity contribution in [3.05, 3.63) is 28.4 Å². The van der Waals surface area contributed by atoms with Crippen LogP contribution in [0.5, 0.6) is 5.88 Å². The maximum absolute atomic E-state index is 10.4. The maximum atomic E-state index is 10.4. The summed E-state index contributed by atoms with van der Waals surface area (Å²) in [4.78, 5) is 16.2. The summed E-state index contributed by atoms with van der Waals surface area (Å²) in [6.45, 7) is 3.64. The smallest absolute Gasteiger partial charge is 0.287 e. The van der Waals surface area contributed by atoms with Crippen molar-refractivity contribution in [1.29, 1.82) is 0 Å². The predicted molar refractivity (Wildman–Crippen MR) is 70.2 cm³/mol. The van der Waals surface area contributed by atoms with Crippen LogP contribution in [-0.4, -0.2) is 52.6 Å². The largest absolute Gasteiger partial charge is 0.476 e. The summed E-state index contributed by atoms with van der Waals surface area (Å²) >= 11 is 1.97. The highest BCUT2D eigenvalue weighted by atomic mass is 32.2. The molecule has 0 saturated carbocycles. The van der Waals surface area contributed by atoms with E-state index in [4.69, 9.17) is 4.74 Å². The van der Waals surface area contributed by atoms with Gasteiger partial charge in [0, 0.05) is 43.3 Å². The Labute approximate surface area is 109 Å². The van der Waals surface area contributed by atoms with E-state index >= 15 is 0 Å². The van der Waals surface area contributed by atoms with Crippen LogP contribution >= 0.6 is 11.8 Å². The van der Waals surface area contributed by atoms with Crippen molar-refractivity contribution in [2.75, 3.05) is 37.7 Å². The monoisotopic (exact) mass is 269 g/mol. The van der Waals surface area contributed by atoms with E-state index in [1.165, 1.54) is 29.8 Å². The van der Waals surface area contributed by atoms with E-state index in [1.54, 1.807) is 0 Å². The van der Waals surface area contributed by atoms with Crippen molar-refractivity contribution >= 4 is 17.4 Å².